The van der Waals surface area contributed by atoms with E-state index in [0.717, 1.165) is 38.7 Å². The summed E-state index contributed by atoms with van der Waals surface area (Å²) < 4.78 is 18.6. The maximum Gasteiger partial charge on any atom is 0.158 e. The summed E-state index contributed by atoms with van der Waals surface area (Å²) in [6, 6.07) is 10.6. The average Bonchev–Trinajstić information content (AvgIpc) is 3.39. The molecule has 0 aliphatic carbocycles. The summed E-state index contributed by atoms with van der Waals surface area (Å²) in [6.07, 6.45) is 12.8. The summed E-state index contributed by atoms with van der Waals surface area (Å²) in [5, 5.41) is 10.1. The van der Waals surface area contributed by atoms with Crippen molar-refractivity contribution in [3.63, 3.8) is 0 Å². The van der Waals surface area contributed by atoms with Gasteiger partial charge in [-0.05, 0) is 50.7 Å². The molecule has 3 aliphatic heterocycles. The van der Waals surface area contributed by atoms with Gasteiger partial charge in [-0.25, -0.2) is 0 Å². The predicted molar refractivity (Wildman–Crippen MR) is 118 cm³/mol. The van der Waals surface area contributed by atoms with E-state index in [4.69, 9.17) is 14.2 Å². The molecular weight excluding hydrogens is 376 g/mol. The van der Waals surface area contributed by atoms with Crippen LogP contribution in [-0.2, 0) is 14.2 Å². The minimum atomic E-state index is -0.126. The number of allylic oxidation sites excluding steroid dienone is 2. The molecule has 164 valence electrons. The molecule has 1 aromatic rings. The first-order chi connectivity index (χ1) is 14.7. The zero-order valence-electron chi connectivity index (χ0n) is 18.3. The molecule has 4 heteroatoms. The Balaban J connectivity index is 1.51. The Labute approximate surface area is 180 Å². The number of aliphatic hydroxyl groups excluding tert-OH is 1. The van der Waals surface area contributed by atoms with Crippen molar-refractivity contribution >= 4 is 0 Å². The molecule has 3 fully saturated rings. The predicted octanol–water partition coefficient (Wildman–Crippen LogP) is 5.90. The van der Waals surface area contributed by atoms with Crippen LogP contribution in [0.3, 0.4) is 0 Å². The number of rotatable bonds is 8. The summed E-state index contributed by atoms with van der Waals surface area (Å²) in [5.41, 5.74) is 1.27. The first-order valence-electron chi connectivity index (χ1n) is 11.7. The molecule has 0 amide bonds. The van der Waals surface area contributed by atoms with Gasteiger partial charge in [-0.1, -0.05) is 49.4 Å². The van der Waals surface area contributed by atoms with Crippen LogP contribution in [0.5, 0.6) is 0 Å². The van der Waals surface area contributed by atoms with Crippen molar-refractivity contribution in [1.82, 2.24) is 0 Å². The van der Waals surface area contributed by atoms with Crippen LogP contribution in [0, 0.1) is 11.8 Å². The number of benzene rings is 1. The van der Waals surface area contributed by atoms with Crippen molar-refractivity contribution in [2.45, 2.75) is 82.9 Å². The molecule has 30 heavy (non-hydrogen) atoms. The average molecular weight is 413 g/mol. The van der Waals surface area contributed by atoms with Gasteiger partial charge in [0.25, 0.3) is 0 Å². The van der Waals surface area contributed by atoms with Crippen LogP contribution in [0.4, 0.5) is 0 Å². The van der Waals surface area contributed by atoms with E-state index in [9.17, 15) is 5.11 Å². The van der Waals surface area contributed by atoms with Gasteiger partial charge in [0.05, 0.1) is 24.1 Å². The van der Waals surface area contributed by atoms with E-state index in [2.05, 4.69) is 49.4 Å². The van der Waals surface area contributed by atoms with E-state index in [1.807, 2.05) is 6.92 Å². The van der Waals surface area contributed by atoms with Crippen LogP contribution >= 0.6 is 0 Å². The van der Waals surface area contributed by atoms with Crippen LogP contribution in [0.25, 0.3) is 0 Å². The number of fused-ring (bicyclic) bond motifs is 2. The molecule has 1 N–H and O–H groups in total. The summed E-state index contributed by atoms with van der Waals surface area (Å²) in [4.78, 5) is 0. The second kappa shape index (κ2) is 10.1. The van der Waals surface area contributed by atoms with Gasteiger partial charge in [-0.3, -0.25) is 0 Å². The van der Waals surface area contributed by atoms with E-state index in [0.29, 0.717) is 24.0 Å². The first kappa shape index (κ1) is 21.6. The maximum atomic E-state index is 10.1. The highest BCUT2D eigenvalue weighted by Crippen LogP contribution is 2.46. The third-order valence-electron chi connectivity index (χ3n) is 7.05. The van der Waals surface area contributed by atoms with Crippen molar-refractivity contribution < 1.29 is 19.3 Å². The van der Waals surface area contributed by atoms with E-state index in [1.54, 1.807) is 6.08 Å². The van der Waals surface area contributed by atoms with Crippen LogP contribution in [0.1, 0.15) is 63.9 Å². The summed E-state index contributed by atoms with van der Waals surface area (Å²) >= 11 is 0. The number of aliphatic hydroxyl groups is 1. The third kappa shape index (κ3) is 4.99. The standard InChI is InChI=1S/C26H36O4/c1-3-20(27)17-22-21(24-14-15-25(22)29-24)12-13-23(30-26-11-7-8-16-28-26)18(2)19-9-5-4-6-10-19/h3-6,9-10,12-13,18,21-27H,7-8,11,14-17H2,1-2H3/b13-12+,20-3-/t18?,21-,22+,23?,24-,25+,26?/m1/s1. The number of hydrogen-bond acceptors (Lipinski definition) is 4. The number of hydrogen-bond donors (Lipinski definition) is 1. The monoisotopic (exact) mass is 412 g/mol. The first-order valence-corrected chi connectivity index (χ1v) is 11.7. The highest BCUT2D eigenvalue weighted by Gasteiger charge is 2.47. The van der Waals surface area contributed by atoms with E-state index in [-0.39, 0.29) is 30.5 Å². The molecule has 0 radical (unpaired) electrons. The molecule has 3 unspecified atom stereocenters. The van der Waals surface area contributed by atoms with Crippen molar-refractivity contribution in [2.75, 3.05) is 6.61 Å². The van der Waals surface area contributed by atoms with Gasteiger partial charge in [0.1, 0.15) is 0 Å². The van der Waals surface area contributed by atoms with Gasteiger partial charge in [-0.2, -0.15) is 0 Å². The fourth-order valence-electron chi connectivity index (χ4n) is 5.21. The Morgan fingerprint density at radius 2 is 1.97 bits per heavy atom. The highest BCUT2D eigenvalue weighted by molar-refractivity contribution is 5.22. The molecule has 2 bridgehead atoms. The Hall–Kier alpha value is -1.62. The van der Waals surface area contributed by atoms with E-state index < -0.39 is 0 Å². The van der Waals surface area contributed by atoms with Crippen molar-refractivity contribution in [3.05, 3.63) is 59.9 Å². The molecular formula is C26H36O4. The second-order valence-corrected chi connectivity index (χ2v) is 9.00. The minimum absolute atomic E-state index is 0.0504. The quantitative estimate of drug-likeness (QED) is 0.426. The molecule has 4 rings (SSSR count). The smallest absolute Gasteiger partial charge is 0.158 e. The number of ether oxygens (including phenoxy) is 3. The summed E-state index contributed by atoms with van der Waals surface area (Å²) in [7, 11) is 0. The topological polar surface area (TPSA) is 47.9 Å². The van der Waals surface area contributed by atoms with Crippen LogP contribution in [0.15, 0.2) is 54.3 Å². The molecule has 7 atom stereocenters. The van der Waals surface area contributed by atoms with Crippen molar-refractivity contribution in [1.29, 1.82) is 0 Å². The maximum absolute atomic E-state index is 10.1. The van der Waals surface area contributed by atoms with Gasteiger partial charge in [0, 0.05) is 30.8 Å². The largest absolute Gasteiger partial charge is 0.513 e. The van der Waals surface area contributed by atoms with Gasteiger partial charge in [0.15, 0.2) is 6.29 Å². The molecule has 3 heterocycles. The Kier molecular flexibility index (Phi) is 7.29. The fraction of sp³-hybridized carbons (Fsp3) is 0.615. The Bertz CT molecular complexity index is 722. The highest BCUT2D eigenvalue weighted by atomic mass is 16.7. The molecule has 4 nitrogen and oxygen atoms in total. The lowest BCUT2D eigenvalue weighted by molar-refractivity contribution is -0.181. The normalized spacial score (nSPS) is 33.8. The molecule has 0 spiro atoms. The SMILES string of the molecule is C/C=C(\O)C[C@H]1[C@@H](/C=C/C(OC2CCCCO2)C(C)c2ccccc2)[C@H]2CC[C@@H]1O2. The zero-order valence-corrected chi connectivity index (χ0v) is 18.3. The van der Waals surface area contributed by atoms with Gasteiger partial charge in [-0.15, -0.1) is 0 Å². The lowest BCUT2D eigenvalue weighted by Gasteiger charge is -2.31. The van der Waals surface area contributed by atoms with Crippen LogP contribution in [0.2, 0.25) is 0 Å². The molecule has 0 aromatic heterocycles. The molecule has 3 saturated heterocycles. The van der Waals surface area contributed by atoms with Crippen LogP contribution in [-0.4, -0.2) is 36.3 Å². The Morgan fingerprint density at radius 3 is 2.70 bits per heavy atom. The van der Waals surface area contributed by atoms with E-state index >= 15 is 0 Å². The third-order valence-corrected chi connectivity index (χ3v) is 7.05. The van der Waals surface area contributed by atoms with Gasteiger partial charge < -0.3 is 19.3 Å². The van der Waals surface area contributed by atoms with Crippen molar-refractivity contribution in [3.8, 4) is 0 Å². The van der Waals surface area contributed by atoms with Gasteiger partial charge >= 0.3 is 0 Å². The zero-order chi connectivity index (χ0) is 20.9. The fourth-order valence-corrected chi connectivity index (χ4v) is 5.21. The van der Waals surface area contributed by atoms with E-state index in [1.165, 1.54) is 5.56 Å². The second-order valence-electron chi connectivity index (χ2n) is 9.00. The van der Waals surface area contributed by atoms with Gasteiger partial charge in [0.2, 0.25) is 0 Å². The summed E-state index contributed by atoms with van der Waals surface area (Å²) in [6.45, 7) is 4.91. The lowest BCUT2D eigenvalue weighted by Crippen LogP contribution is -2.31. The Morgan fingerprint density at radius 1 is 1.17 bits per heavy atom. The minimum Gasteiger partial charge on any atom is -0.513 e. The molecule has 3 aliphatic rings. The van der Waals surface area contributed by atoms with Crippen LogP contribution < -0.4 is 0 Å². The lowest BCUT2D eigenvalue weighted by atomic mass is 9.76. The summed E-state index contributed by atoms with van der Waals surface area (Å²) in [5.74, 6) is 1.37. The molecule has 0 saturated carbocycles. The molecule has 1 aromatic carbocycles. The van der Waals surface area contributed by atoms with Crippen molar-refractivity contribution in [2.24, 2.45) is 11.8 Å².